The number of nitrogens with zero attached hydrogens (tertiary/aromatic N) is 1. The van der Waals surface area contributed by atoms with Crippen molar-refractivity contribution in [3.63, 3.8) is 0 Å². The van der Waals surface area contributed by atoms with Gasteiger partial charge in [0.25, 0.3) is 11.8 Å². The quantitative estimate of drug-likeness (QED) is 0.777. The van der Waals surface area contributed by atoms with Crippen molar-refractivity contribution in [2.24, 2.45) is 0 Å². The highest BCUT2D eigenvalue weighted by Crippen LogP contribution is 2.31. The van der Waals surface area contributed by atoms with E-state index in [4.69, 9.17) is 0 Å². The molecule has 27 heavy (non-hydrogen) atoms. The smallest absolute Gasteiger partial charge is 0.308 e. The number of aryl methyl sites for hydroxylation is 2. The summed E-state index contributed by atoms with van der Waals surface area (Å²) in [5.74, 6) is -0.658. The van der Waals surface area contributed by atoms with E-state index < -0.39 is 11.6 Å². The van der Waals surface area contributed by atoms with E-state index in [1.165, 1.54) is 4.90 Å². The Morgan fingerprint density at radius 2 is 1.37 bits per heavy atom. The van der Waals surface area contributed by atoms with Crippen LogP contribution in [0.4, 0.5) is 16.2 Å². The van der Waals surface area contributed by atoms with Crippen LogP contribution in [0.5, 0.6) is 0 Å². The van der Waals surface area contributed by atoms with Gasteiger partial charge in [-0.05, 0) is 76.1 Å². The van der Waals surface area contributed by atoms with Gasteiger partial charge in [-0.1, -0.05) is 6.07 Å². The van der Waals surface area contributed by atoms with Crippen LogP contribution >= 0.6 is 0 Å². The van der Waals surface area contributed by atoms with Crippen molar-refractivity contribution in [1.82, 2.24) is 4.90 Å². The highest BCUT2D eigenvalue weighted by atomic mass is 16.2. The predicted octanol–water partition coefficient (Wildman–Crippen LogP) is 4.34. The summed E-state index contributed by atoms with van der Waals surface area (Å²) in [6.07, 6.45) is 0. The molecule has 0 saturated heterocycles. The maximum absolute atomic E-state index is 12.6. The fourth-order valence-corrected chi connectivity index (χ4v) is 3.27. The Morgan fingerprint density at radius 1 is 0.815 bits per heavy atom. The van der Waals surface area contributed by atoms with Crippen molar-refractivity contribution in [3.8, 4) is 0 Å². The van der Waals surface area contributed by atoms with Gasteiger partial charge in [0.05, 0.1) is 11.1 Å². The van der Waals surface area contributed by atoms with E-state index in [1.807, 2.05) is 52.8 Å². The van der Waals surface area contributed by atoms with E-state index >= 15 is 0 Å². The molecular formula is C21H23N3O3. The number of fused-ring (bicyclic) bond motifs is 1. The Morgan fingerprint density at radius 3 is 1.96 bits per heavy atom. The third-order valence-corrected chi connectivity index (χ3v) is 4.29. The van der Waals surface area contributed by atoms with Gasteiger partial charge in [-0.15, -0.1) is 0 Å². The average molecular weight is 365 g/mol. The van der Waals surface area contributed by atoms with E-state index in [9.17, 15) is 14.4 Å². The van der Waals surface area contributed by atoms with Crippen LogP contribution in [0.1, 0.15) is 52.6 Å². The van der Waals surface area contributed by atoms with Crippen LogP contribution in [0, 0.1) is 13.8 Å². The first-order chi connectivity index (χ1) is 12.6. The number of hydrogen-bond acceptors (Lipinski definition) is 3. The van der Waals surface area contributed by atoms with Crippen molar-refractivity contribution >= 4 is 29.2 Å². The molecular weight excluding hydrogens is 342 g/mol. The maximum Gasteiger partial charge on any atom is 0.323 e. The highest BCUT2D eigenvalue weighted by molar-refractivity contribution is 6.22. The standard InChI is InChI=1S/C21H23N3O3/c1-12-8-13(2)10-15(9-12)23-20(27)22-14-6-7-16-17(11-14)19(26)24(18(16)25)21(3,4)5/h6-11H,1-5H3,(H2,22,23,27). The molecule has 2 aromatic carbocycles. The fourth-order valence-electron chi connectivity index (χ4n) is 3.27. The van der Waals surface area contributed by atoms with Gasteiger partial charge in [-0.25, -0.2) is 4.79 Å². The summed E-state index contributed by atoms with van der Waals surface area (Å²) < 4.78 is 0. The molecule has 3 rings (SSSR count). The molecule has 2 aromatic rings. The molecule has 6 nitrogen and oxygen atoms in total. The van der Waals surface area contributed by atoms with E-state index in [0.717, 1.165) is 11.1 Å². The summed E-state index contributed by atoms with van der Waals surface area (Å²) in [6.45, 7) is 9.35. The van der Waals surface area contributed by atoms with Gasteiger partial charge in [0.1, 0.15) is 0 Å². The number of imide groups is 1. The molecule has 0 bridgehead atoms. The minimum Gasteiger partial charge on any atom is -0.308 e. The average Bonchev–Trinajstić information content (AvgIpc) is 2.76. The van der Waals surface area contributed by atoms with Gasteiger partial charge in [0.15, 0.2) is 0 Å². The number of anilines is 2. The fraction of sp³-hybridized carbons (Fsp3) is 0.286. The Balaban J connectivity index is 1.79. The largest absolute Gasteiger partial charge is 0.323 e. The molecule has 0 aliphatic carbocycles. The van der Waals surface area contributed by atoms with Gasteiger partial charge in [-0.3, -0.25) is 14.5 Å². The molecule has 0 radical (unpaired) electrons. The van der Waals surface area contributed by atoms with Crippen molar-refractivity contribution in [1.29, 1.82) is 0 Å². The molecule has 2 N–H and O–H groups in total. The molecule has 4 amide bonds. The number of carbonyl (C=O) groups is 3. The second kappa shape index (κ2) is 6.54. The lowest BCUT2D eigenvalue weighted by Gasteiger charge is -2.29. The number of nitrogens with one attached hydrogen (secondary N) is 2. The molecule has 0 fully saturated rings. The second-order valence-corrected chi connectivity index (χ2v) is 7.83. The lowest BCUT2D eigenvalue weighted by molar-refractivity contribution is 0.0507. The Labute approximate surface area is 158 Å². The summed E-state index contributed by atoms with van der Waals surface area (Å²) in [4.78, 5) is 38.7. The van der Waals surface area contributed by atoms with E-state index in [-0.39, 0.29) is 11.8 Å². The molecule has 0 saturated carbocycles. The summed E-state index contributed by atoms with van der Waals surface area (Å²) in [5.41, 5.74) is 3.29. The minimum absolute atomic E-state index is 0.305. The van der Waals surface area contributed by atoms with Gasteiger partial charge in [0.2, 0.25) is 0 Å². The van der Waals surface area contributed by atoms with Crippen LogP contribution in [-0.2, 0) is 0 Å². The minimum atomic E-state index is -0.610. The molecule has 1 aliphatic heterocycles. The molecule has 0 atom stereocenters. The first kappa shape index (κ1) is 18.6. The van der Waals surface area contributed by atoms with Crippen LogP contribution in [-0.4, -0.2) is 28.3 Å². The zero-order valence-corrected chi connectivity index (χ0v) is 16.1. The third kappa shape index (κ3) is 3.69. The first-order valence-corrected chi connectivity index (χ1v) is 8.75. The summed E-state index contributed by atoms with van der Waals surface area (Å²) in [5, 5.41) is 5.50. The van der Waals surface area contributed by atoms with E-state index in [2.05, 4.69) is 10.6 Å². The van der Waals surface area contributed by atoms with Crippen molar-refractivity contribution < 1.29 is 14.4 Å². The van der Waals surface area contributed by atoms with E-state index in [1.54, 1.807) is 18.2 Å². The van der Waals surface area contributed by atoms with Gasteiger partial charge >= 0.3 is 6.03 Å². The SMILES string of the molecule is Cc1cc(C)cc(NC(=O)Nc2ccc3c(c2)C(=O)N(C(C)(C)C)C3=O)c1. The van der Waals surface area contributed by atoms with Crippen molar-refractivity contribution in [2.45, 2.75) is 40.2 Å². The molecule has 140 valence electrons. The Hall–Kier alpha value is -3.15. The Bertz CT molecular complexity index is 937. The zero-order valence-electron chi connectivity index (χ0n) is 16.1. The normalized spacial score (nSPS) is 13.6. The summed E-state index contributed by atoms with van der Waals surface area (Å²) in [6, 6.07) is 10.1. The summed E-state index contributed by atoms with van der Waals surface area (Å²) >= 11 is 0. The number of benzene rings is 2. The molecule has 1 heterocycles. The molecule has 6 heteroatoms. The van der Waals surface area contributed by atoms with Crippen molar-refractivity contribution in [2.75, 3.05) is 10.6 Å². The van der Waals surface area contributed by atoms with Crippen LogP contribution in [0.25, 0.3) is 0 Å². The molecule has 0 unspecified atom stereocenters. The monoisotopic (exact) mass is 365 g/mol. The van der Waals surface area contributed by atoms with Crippen LogP contribution in [0.3, 0.4) is 0 Å². The molecule has 0 aromatic heterocycles. The number of urea groups is 1. The number of rotatable bonds is 2. The number of amides is 4. The topological polar surface area (TPSA) is 78.5 Å². The van der Waals surface area contributed by atoms with Crippen LogP contribution < -0.4 is 10.6 Å². The number of hydrogen-bond donors (Lipinski definition) is 2. The lowest BCUT2D eigenvalue weighted by Crippen LogP contribution is -2.45. The van der Waals surface area contributed by atoms with Gasteiger partial charge in [0, 0.05) is 16.9 Å². The Kier molecular flexibility index (Phi) is 4.51. The second-order valence-electron chi connectivity index (χ2n) is 7.83. The maximum atomic E-state index is 12.6. The van der Waals surface area contributed by atoms with Crippen LogP contribution in [0.2, 0.25) is 0 Å². The van der Waals surface area contributed by atoms with E-state index in [0.29, 0.717) is 22.5 Å². The first-order valence-electron chi connectivity index (χ1n) is 8.75. The molecule has 0 spiro atoms. The highest BCUT2D eigenvalue weighted by Gasteiger charge is 2.41. The van der Waals surface area contributed by atoms with Crippen LogP contribution in [0.15, 0.2) is 36.4 Å². The van der Waals surface area contributed by atoms with Gasteiger partial charge in [-0.2, -0.15) is 0 Å². The molecule has 1 aliphatic rings. The summed E-state index contributed by atoms with van der Waals surface area (Å²) in [7, 11) is 0. The lowest BCUT2D eigenvalue weighted by atomic mass is 10.1. The van der Waals surface area contributed by atoms with Gasteiger partial charge < -0.3 is 10.6 Å². The predicted molar refractivity (Wildman–Crippen MR) is 105 cm³/mol. The van der Waals surface area contributed by atoms with Crippen molar-refractivity contribution in [3.05, 3.63) is 58.7 Å². The third-order valence-electron chi connectivity index (χ3n) is 4.29. The number of carbonyl (C=O) groups excluding carboxylic acids is 3. The zero-order chi connectivity index (χ0) is 19.9.